The average molecular weight is 669 g/mol. The molecule has 0 spiro atoms. The van der Waals surface area contributed by atoms with Crippen molar-refractivity contribution >= 4 is 35.5 Å². The van der Waals surface area contributed by atoms with Crippen molar-refractivity contribution in [2.45, 2.75) is 100 Å². The number of nitrogens with zero attached hydrogens (tertiary/aromatic N) is 2. The minimum Gasteiger partial charge on any atom is -0.467 e. The number of hydrogen-bond donors (Lipinski definition) is 2. The Morgan fingerprint density at radius 1 is 1.06 bits per heavy atom. The molecule has 2 aliphatic carbocycles. The van der Waals surface area contributed by atoms with Crippen molar-refractivity contribution in [2.24, 2.45) is 5.92 Å². The first-order valence-electron chi connectivity index (χ1n) is 16.4. The van der Waals surface area contributed by atoms with Gasteiger partial charge < -0.3 is 29.7 Å². The number of nitrogens with one attached hydrogen (secondary N) is 2. The third-order valence-corrected chi connectivity index (χ3v) is 9.20. The third-order valence-electron chi connectivity index (χ3n) is 9.20. The second-order valence-corrected chi connectivity index (χ2v) is 12.5. The molecule has 5 atom stereocenters. The van der Waals surface area contributed by atoms with Gasteiger partial charge in [0.2, 0.25) is 11.8 Å². The van der Waals surface area contributed by atoms with E-state index in [1.54, 1.807) is 6.08 Å². The van der Waals surface area contributed by atoms with Crippen LogP contribution in [0.25, 0.3) is 0 Å². The van der Waals surface area contributed by atoms with Gasteiger partial charge in [-0.2, -0.15) is 0 Å². The molecule has 14 nitrogen and oxygen atoms in total. The van der Waals surface area contributed by atoms with Gasteiger partial charge in [-0.25, -0.2) is 14.4 Å². The number of esters is 2. The van der Waals surface area contributed by atoms with Crippen LogP contribution >= 0.6 is 0 Å². The summed E-state index contributed by atoms with van der Waals surface area (Å²) in [4.78, 5) is 78.3. The second kappa shape index (κ2) is 16.4. The minimum absolute atomic E-state index is 0.0524. The first-order chi connectivity index (χ1) is 23.0. The number of likely N-dealkylation sites (tertiary alicyclic amines) is 1. The zero-order valence-electron chi connectivity index (χ0n) is 27.2. The number of unbranched alkanes of at least 4 members (excludes halogenated alkanes) is 3. The number of non-ortho nitro benzene ring substituents is 1. The van der Waals surface area contributed by atoms with Crippen LogP contribution in [0.5, 0.6) is 0 Å². The first-order valence-corrected chi connectivity index (χ1v) is 16.4. The van der Waals surface area contributed by atoms with Crippen LogP contribution in [0.3, 0.4) is 0 Å². The van der Waals surface area contributed by atoms with Gasteiger partial charge in [0.25, 0.3) is 5.69 Å². The topological polar surface area (TPSA) is 183 Å². The minimum atomic E-state index is -1.33. The summed E-state index contributed by atoms with van der Waals surface area (Å²) >= 11 is 0. The normalized spacial score (nSPS) is 23.8. The van der Waals surface area contributed by atoms with E-state index in [1.165, 1.54) is 36.3 Å². The number of hydrogen-bond acceptors (Lipinski definition) is 10. The predicted molar refractivity (Wildman–Crippen MR) is 173 cm³/mol. The molecule has 2 saturated carbocycles. The van der Waals surface area contributed by atoms with Crippen molar-refractivity contribution < 1.29 is 43.1 Å². The molecule has 0 bridgehead atoms. The summed E-state index contributed by atoms with van der Waals surface area (Å²) in [6.07, 6.45) is 8.37. The summed E-state index contributed by atoms with van der Waals surface area (Å²) in [5, 5.41) is 16.5. The predicted octanol–water partition coefficient (Wildman–Crippen LogP) is 4.13. The number of methoxy groups -OCH3 is 1. The van der Waals surface area contributed by atoms with Crippen LogP contribution in [0.2, 0.25) is 0 Å². The summed E-state index contributed by atoms with van der Waals surface area (Å²) in [6, 6.07) is 2.67. The summed E-state index contributed by atoms with van der Waals surface area (Å²) in [5.74, 6) is -3.01. The van der Waals surface area contributed by atoms with E-state index in [0.717, 1.165) is 44.9 Å². The Morgan fingerprint density at radius 3 is 2.38 bits per heavy atom. The number of carbonyl (C=O) groups is 5. The molecule has 260 valence electrons. The van der Waals surface area contributed by atoms with Crippen LogP contribution < -0.4 is 10.6 Å². The lowest BCUT2D eigenvalue weighted by molar-refractivity contribution is -0.384. The zero-order valence-corrected chi connectivity index (χ0v) is 27.2. The Bertz CT molecular complexity index is 1390. The molecule has 3 fully saturated rings. The van der Waals surface area contributed by atoms with Crippen LogP contribution in [-0.2, 0) is 28.6 Å². The average Bonchev–Trinajstić information content (AvgIpc) is 3.35. The van der Waals surface area contributed by atoms with Crippen molar-refractivity contribution in [2.75, 3.05) is 13.7 Å². The van der Waals surface area contributed by atoms with E-state index in [0.29, 0.717) is 6.42 Å². The van der Waals surface area contributed by atoms with Crippen LogP contribution in [0.15, 0.2) is 49.6 Å². The fourth-order valence-corrected chi connectivity index (χ4v) is 6.41. The largest absolute Gasteiger partial charge is 0.467 e. The molecule has 48 heavy (non-hydrogen) atoms. The number of nitro benzene ring substituents is 1. The van der Waals surface area contributed by atoms with Gasteiger partial charge in [-0.3, -0.25) is 19.7 Å². The Hall–Kier alpha value is -4.75. The Balaban J connectivity index is 1.55. The highest BCUT2D eigenvalue weighted by molar-refractivity contribution is 5.97. The van der Waals surface area contributed by atoms with Gasteiger partial charge in [0, 0.05) is 24.5 Å². The number of amides is 3. The smallest absolute Gasteiger partial charge is 0.408 e. The van der Waals surface area contributed by atoms with E-state index in [2.05, 4.69) is 23.8 Å². The number of ether oxygens (including phenoxy) is 3. The van der Waals surface area contributed by atoms with Crippen molar-refractivity contribution in [1.29, 1.82) is 0 Å². The number of allylic oxidation sites excluding steroid dienone is 1. The summed E-state index contributed by atoms with van der Waals surface area (Å²) in [7, 11) is 1.21. The highest BCUT2D eigenvalue weighted by Gasteiger charge is 2.62. The molecular weight excluding hydrogens is 624 g/mol. The molecular formula is C34H44N4O10. The van der Waals surface area contributed by atoms with Gasteiger partial charge >= 0.3 is 18.0 Å². The molecule has 4 rings (SSSR count). The molecule has 2 N–H and O–H groups in total. The lowest BCUT2D eigenvalue weighted by Gasteiger charge is -2.29. The lowest BCUT2D eigenvalue weighted by Crippen LogP contribution is -2.56. The van der Waals surface area contributed by atoms with Gasteiger partial charge in [-0.15, -0.1) is 13.2 Å². The molecule has 0 aromatic heterocycles. The van der Waals surface area contributed by atoms with Crippen molar-refractivity contribution in [3.05, 3.63) is 65.3 Å². The molecule has 14 heteroatoms. The van der Waals surface area contributed by atoms with Crippen LogP contribution in [0.1, 0.15) is 81.0 Å². The summed E-state index contributed by atoms with van der Waals surface area (Å²) in [5.41, 5.74) is -1.48. The van der Waals surface area contributed by atoms with Crippen LogP contribution in [0, 0.1) is 16.0 Å². The lowest BCUT2D eigenvalue weighted by atomic mass is 10.0. The highest BCUT2D eigenvalue weighted by atomic mass is 16.6. The SMILES string of the molecule is C=CCCCCC[C@H](NC(=O)OC1CCCC1)C(=O)N1C[C@@H](OC(=O)c2ccc([N+](=O)[O-])cc2)C[C@H]1C(=O)N[C@]1(C(=O)OC)C[C@@H]1C=C. The maximum absolute atomic E-state index is 14.2. The van der Waals surface area contributed by atoms with Crippen LogP contribution in [0.4, 0.5) is 10.5 Å². The van der Waals surface area contributed by atoms with E-state index in [1.807, 2.05) is 6.08 Å². The molecule has 3 aliphatic rings. The van der Waals surface area contributed by atoms with Crippen molar-refractivity contribution in [1.82, 2.24) is 15.5 Å². The van der Waals surface area contributed by atoms with Gasteiger partial charge in [-0.05, 0) is 63.5 Å². The fourth-order valence-electron chi connectivity index (χ4n) is 6.41. The Labute approximate surface area is 279 Å². The first kappa shape index (κ1) is 36.1. The number of benzene rings is 1. The molecule has 0 unspecified atom stereocenters. The Morgan fingerprint density at radius 2 is 1.77 bits per heavy atom. The zero-order chi connectivity index (χ0) is 34.8. The number of nitro groups is 1. The maximum Gasteiger partial charge on any atom is 0.408 e. The number of carbonyl (C=O) groups excluding carboxylic acids is 5. The molecule has 1 saturated heterocycles. The molecule has 0 radical (unpaired) electrons. The molecule has 3 amide bonds. The van der Waals surface area contributed by atoms with Gasteiger partial charge in [0.05, 0.1) is 24.1 Å². The standard InChI is InChI=1S/C34H44N4O10/c1-4-6-7-8-9-14-27(35-33(43)48-25-12-10-11-13-25)30(40)37-21-26(47-31(41)22-15-17-24(18-16-22)38(44)45)19-28(37)29(39)36-34(32(42)46-3)20-23(34)5-2/h4-5,15-18,23,25-28H,1-2,6-14,19-21H2,3H3,(H,35,43)(H,36,39)/t23-,26-,27-,28-,34+/m0/s1. The third kappa shape index (κ3) is 8.78. The summed E-state index contributed by atoms with van der Waals surface area (Å²) in [6.45, 7) is 7.29. The van der Waals surface area contributed by atoms with E-state index in [4.69, 9.17) is 14.2 Å². The van der Waals surface area contributed by atoms with Crippen molar-refractivity contribution in [3.8, 4) is 0 Å². The fraction of sp³-hybridized carbons (Fsp3) is 0.559. The second-order valence-electron chi connectivity index (χ2n) is 12.5. The quantitative estimate of drug-likeness (QED) is 0.0649. The van der Waals surface area contributed by atoms with Crippen LogP contribution in [-0.4, -0.2) is 83.2 Å². The number of rotatable bonds is 16. The van der Waals surface area contributed by atoms with E-state index < -0.39 is 58.5 Å². The molecule has 1 aromatic carbocycles. The van der Waals surface area contributed by atoms with Gasteiger partial charge in [0.15, 0.2) is 0 Å². The van der Waals surface area contributed by atoms with E-state index in [-0.39, 0.29) is 49.1 Å². The molecule has 1 heterocycles. The molecule has 1 aliphatic heterocycles. The van der Waals surface area contributed by atoms with Gasteiger partial charge in [0.1, 0.15) is 29.8 Å². The monoisotopic (exact) mass is 668 g/mol. The summed E-state index contributed by atoms with van der Waals surface area (Å²) < 4.78 is 16.2. The highest BCUT2D eigenvalue weighted by Crippen LogP contribution is 2.45. The van der Waals surface area contributed by atoms with Gasteiger partial charge in [-0.1, -0.05) is 25.0 Å². The maximum atomic E-state index is 14.2. The van der Waals surface area contributed by atoms with E-state index >= 15 is 0 Å². The Kier molecular flexibility index (Phi) is 12.3. The number of alkyl carbamates (subject to hydrolysis) is 1. The van der Waals surface area contributed by atoms with Crippen molar-refractivity contribution in [3.63, 3.8) is 0 Å². The molecule has 1 aromatic rings. The van der Waals surface area contributed by atoms with E-state index in [9.17, 15) is 34.1 Å².